The van der Waals surface area contributed by atoms with E-state index in [0.717, 1.165) is 18.9 Å². The molecule has 18 heavy (non-hydrogen) atoms. The van der Waals surface area contributed by atoms with Crippen LogP contribution in [0.2, 0.25) is 5.02 Å². The summed E-state index contributed by atoms with van der Waals surface area (Å²) in [5.74, 6) is 0.840. The predicted molar refractivity (Wildman–Crippen MR) is 72.0 cm³/mol. The Balaban J connectivity index is 2.25. The molecule has 100 valence electrons. The molecule has 0 aliphatic carbocycles. The van der Waals surface area contributed by atoms with Gasteiger partial charge in [-0.1, -0.05) is 11.6 Å². The molecule has 1 aliphatic heterocycles. The lowest BCUT2D eigenvalue weighted by Crippen LogP contribution is -2.52. The summed E-state index contributed by atoms with van der Waals surface area (Å²) in [7, 11) is 0. The van der Waals surface area contributed by atoms with Gasteiger partial charge < -0.3 is 14.7 Å². The Morgan fingerprint density at radius 2 is 2.33 bits per heavy atom. The smallest absolute Gasteiger partial charge is 0.129 e. The molecular weight excluding hydrogens is 252 g/mol. The lowest BCUT2D eigenvalue weighted by Gasteiger charge is -2.42. The van der Waals surface area contributed by atoms with Crippen molar-refractivity contribution in [2.24, 2.45) is 0 Å². The van der Waals surface area contributed by atoms with Crippen LogP contribution >= 0.6 is 11.6 Å². The molecule has 0 spiro atoms. The molecule has 1 saturated heterocycles. The van der Waals surface area contributed by atoms with Gasteiger partial charge in [0.25, 0.3) is 0 Å². The van der Waals surface area contributed by atoms with Gasteiger partial charge in [0.15, 0.2) is 0 Å². The number of nitrogens with zero attached hydrogens (tertiary/aromatic N) is 2. The van der Waals surface area contributed by atoms with E-state index in [0.29, 0.717) is 10.6 Å². The molecule has 2 rings (SSSR count). The maximum absolute atomic E-state index is 9.24. The average molecular weight is 271 g/mol. The summed E-state index contributed by atoms with van der Waals surface area (Å²) in [6, 6.07) is 1.84. The highest BCUT2D eigenvalue weighted by Gasteiger charge is 2.32. The molecule has 4 nitrogen and oxygen atoms in total. The second-order valence-electron chi connectivity index (χ2n) is 5.36. The molecule has 2 heterocycles. The van der Waals surface area contributed by atoms with Gasteiger partial charge in [0.1, 0.15) is 5.82 Å². The van der Waals surface area contributed by atoms with Crippen LogP contribution in [0.3, 0.4) is 0 Å². The summed E-state index contributed by atoms with van der Waals surface area (Å²) in [5, 5.41) is 9.74. The molecule has 0 radical (unpaired) electrons. The first kappa shape index (κ1) is 13.6. The number of morpholine rings is 1. The van der Waals surface area contributed by atoms with Gasteiger partial charge in [-0.25, -0.2) is 4.98 Å². The van der Waals surface area contributed by atoms with Crippen LogP contribution in [-0.2, 0) is 11.3 Å². The Labute approximate surface area is 113 Å². The zero-order valence-electron chi connectivity index (χ0n) is 11.0. The van der Waals surface area contributed by atoms with Crippen molar-refractivity contribution in [2.75, 3.05) is 18.0 Å². The molecule has 1 unspecified atom stereocenters. The van der Waals surface area contributed by atoms with Crippen LogP contribution in [0.4, 0.5) is 5.82 Å². The minimum absolute atomic E-state index is 0.0718. The van der Waals surface area contributed by atoms with Gasteiger partial charge >= 0.3 is 0 Å². The van der Waals surface area contributed by atoms with Gasteiger partial charge in [-0.3, -0.25) is 0 Å². The lowest BCUT2D eigenvalue weighted by atomic mass is 10.1. The molecule has 1 atom stereocenters. The topological polar surface area (TPSA) is 45.6 Å². The van der Waals surface area contributed by atoms with Crippen LogP contribution in [0.5, 0.6) is 0 Å². The average Bonchev–Trinajstić information content (AvgIpc) is 2.27. The first-order valence-electron chi connectivity index (χ1n) is 6.09. The number of ether oxygens (including phenoxy) is 1. The molecule has 5 heteroatoms. The number of pyridine rings is 1. The van der Waals surface area contributed by atoms with E-state index in [2.05, 4.69) is 30.7 Å². The van der Waals surface area contributed by atoms with Gasteiger partial charge in [-0.15, -0.1) is 0 Å². The lowest BCUT2D eigenvalue weighted by molar-refractivity contribution is -0.0751. The quantitative estimate of drug-likeness (QED) is 0.895. The number of aromatic nitrogens is 1. The SMILES string of the molecule is CC1CN(c2cc(CO)c(Cl)cn2)CC(C)(C)O1. The maximum atomic E-state index is 9.24. The number of halogens is 1. The van der Waals surface area contributed by atoms with Gasteiger partial charge in [0.2, 0.25) is 0 Å². The van der Waals surface area contributed by atoms with Crippen molar-refractivity contribution < 1.29 is 9.84 Å². The third-order valence-corrected chi connectivity index (χ3v) is 3.32. The van der Waals surface area contributed by atoms with E-state index in [9.17, 15) is 5.11 Å². The van der Waals surface area contributed by atoms with Crippen LogP contribution in [-0.4, -0.2) is 34.9 Å². The van der Waals surface area contributed by atoms with Gasteiger partial charge in [0, 0.05) is 24.8 Å². The van der Waals surface area contributed by atoms with Crippen molar-refractivity contribution in [1.82, 2.24) is 4.98 Å². The highest BCUT2D eigenvalue weighted by Crippen LogP contribution is 2.27. The van der Waals surface area contributed by atoms with E-state index in [1.807, 2.05) is 6.07 Å². The number of anilines is 1. The highest BCUT2D eigenvalue weighted by atomic mass is 35.5. The monoisotopic (exact) mass is 270 g/mol. The fraction of sp³-hybridized carbons (Fsp3) is 0.615. The summed E-state index contributed by atoms with van der Waals surface area (Å²) in [6.45, 7) is 7.69. The summed E-state index contributed by atoms with van der Waals surface area (Å²) in [5.41, 5.74) is 0.511. The summed E-state index contributed by atoms with van der Waals surface area (Å²) in [4.78, 5) is 6.51. The first-order valence-corrected chi connectivity index (χ1v) is 6.47. The number of aliphatic hydroxyl groups excluding tert-OH is 1. The molecule has 0 aromatic carbocycles. The van der Waals surface area contributed by atoms with E-state index in [-0.39, 0.29) is 18.3 Å². The van der Waals surface area contributed by atoms with E-state index >= 15 is 0 Å². The summed E-state index contributed by atoms with van der Waals surface area (Å²) in [6.07, 6.45) is 1.75. The van der Waals surface area contributed by atoms with Crippen molar-refractivity contribution >= 4 is 17.4 Å². The van der Waals surface area contributed by atoms with E-state index in [4.69, 9.17) is 16.3 Å². The molecular formula is C13H19ClN2O2. The minimum Gasteiger partial charge on any atom is -0.392 e. The molecule has 0 amide bonds. The maximum Gasteiger partial charge on any atom is 0.129 e. The largest absolute Gasteiger partial charge is 0.392 e. The van der Waals surface area contributed by atoms with Gasteiger partial charge in [-0.05, 0) is 26.8 Å². The van der Waals surface area contributed by atoms with Crippen LogP contribution in [0, 0.1) is 0 Å². The number of hydrogen-bond acceptors (Lipinski definition) is 4. The molecule has 1 aliphatic rings. The molecule has 0 bridgehead atoms. The number of hydrogen-bond donors (Lipinski definition) is 1. The molecule has 1 aromatic heterocycles. The first-order chi connectivity index (χ1) is 8.41. The van der Waals surface area contributed by atoms with Crippen LogP contribution in [0.25, 0.3) is 0 Å². The van der Waals surface area contributed by atoms with Crippen LogP contribution < -0.4 is 4.90 Å². The van der Waals surface area contributed by atoms with Crippen molar-refractivity contribution in [2.45, 2.75) is 39.1 Å². The third kappa shape index (κ3) is 2.94. The molecule has 1 aromatic rings. The summed E-state index contributed by atoms with van der Waals surface area (Å²) < 4.78 is 5.86. The predicted octanol–water partition coefficient (Wildman–Crippen LogP) is 2.23. The van der Waals surface area contributed by atoms with Crippen molar-refractivity contribution in [3.8, 4) is 0 Å². The van der Waals surface area contributed by atoms with Gasteiger partial charge in [-0.2, -0.15) is 0 Å². The highest BCUT2D eigenvalue weighted by molar-refractivity contribution is 6.31. The van der Waals surface area contributed by atoms with E-state index in [1.165, 1.54) is 0 Å². The zero-order chi connectivity index (χ0) is 13.3. The summed E-state index contributed by atoms with van der Waals surface area (Å²) >= 11 is 5.95. The van der Waals surface area contributed by atoms with Crippen molar-refractivity contribution in [3.63, 3.8) is 0 Å². The Morgan fingerprint density at radius 1 is 1.61 bits per heavy atom. The normalized spacial score (nSPS) is 23.2. The Bertz CT molecular complexity index is 437. The zero-order valence-corrected chi connectivity index (χ0v) is 11.7. The molecule has 1 N–H and O–H groups in total. The fourth-order valence-corrected chi connectivity index (χ4v) is 2.55. The standard InChI is InChI=1S/C13H19ClN2O2/c1-9-6-16(8-13(2,3)18-9)12-4-10(7-17)11(14)5-15-12/h4-5,9,17H,6-8H2,1-3H3. The Kier molecular flexibility index (Phi) is 3.80. The van der Waals surface area contributed by atoms with Crippen LogP contribution in [0.1, 0.15) is 26.3 Å². The second-order valence-corrected chi connectivity index (χ2v) is 5.77. The Morgan fingerprint density at radius 3 is 2.94 bits per heavy atom. The van der Waals surface area contributed by atoms with Crippen LogP contribution in [0.15, 0.2) is 12.3 Å². The number of rotatable bonds is 2. The fourth-order valence-electron chi connectivity index (χ4n) is 2.39. The minimum atomic E-state index is -0.196. The molecule has 0 saturated carbocycles. The molecule has 1 fully saturated rings. The number of aliphatic hydroxyl groups is 1. The van der Waals surface area contributed by atoms with Crippen molar-refractivity contribution in [3.05, 3.63) is 22.8 Å². The van der Waals surface area contributed by atoms with Gasteiger partial charge in [0.05, 0.1) is 23.3 Å². The van der Waals surface area contributed by atoms with Crippen molar-refractivity contribution in [1.29, 1.82) is 0 Å². The Hall–Kier alpha value is -0.840. The third-order valence-electron chi connectivity index (χ3n) is 2.98. The second kappa shape index (κ2) is 5.03. The van der Waals surface area contributed by atoms with E-state index in [1.54, 1.807) is 6.20 Å². The van der Waals surface area contributed by atoms with E-state index < -0.39 is 0 Å².